The molecule has 0 saturated heterocycles. The highest BCUT2D eigenvalue weighted by Crippen LogP contribution is 2.39. The molecule has 1 heterocycles. The van der Waals surface area contributed by atoms with E-state index in [1.54, 1.807) is 0 Å². The van der Waals surface area contributed by atoms with Crippen molar-refractivity contribution in [3.05, 3.63) is 37.4 Å². The van der Waals surface area contributed by atoms with Gasteiger partial charge < -0.3 is 10.1 Å². The average molecular weight is 337 g/mol. The molecule has 0 atom stereocenters. The van der Waals surface area contributed by atoms with Crippen molar-refractivity contribution < 1.29 is 18.3 Å². The molecule has 19 heavy (non-hydrogen) atoms. The standard InChI is InChI=1S/C10H4BrF3N2O3/c11-4-1-3(10(12,13)14)2-5-6(4)8(17)7(16-19)9(18)15-5/h1-2H,(H2,15,17,18). The predicted molar refractivity (Wildman–Crippen MR) is 64.4 cm³/mol. The number of nitrogens with one attached hydrogen (secondary N) is 1. The van der Waals surface area contributed by atoms with Crippen LogP contribution < -0.4 is 5.56 Å². The molecule has 2 N–H and O–H groups in total. The summed E-state index contributed by atoms with van der Waals surface area (Å²) in [5.41, 5.74) is -3.11. The predicted octanol–water partition coefficient (Wildman–Crippen LogP) is 3.41. The van der Waals surface area contributed by atoms with E-state index in [1.165, 1.54) is 0 Å². The van der Waals surface area contributed by atoms with Crippen LogP contribution in [0.15, 0.2) is 26.6 Å². The Hall–Kier alpha value is -1.90. The highest BCUT2D eigenvalue weighted by molar-refractivity contribution is 9.10. The van der Waals surface area contributed by atoms with E-state index in [0.717, 1.165) is 6.07 Å². The van der Waals surface area contributed by atoms with E-state index in [9.17, 15) is 28.0 Å². The van der Waals surface area contributed by atoms with E-state index < -0.39 is 28.7 Å². The summed E-state index contributed by atoms with van der Waals surface area (Å²) in [6.45, 7) is 0. The lowest BCUT2D eigenvalue weighted by atomic mass is 10.1. The zero-order chi connectivity index (χ0) is 14.4. The normalized spacial score (nSPS) is 11.8. The number of fused-ring (bicyclic) bond motifs is 1. The molecule has 0 aliphatic rings. The molecule has 5 nitrogen and oxygen atoms in total. The fraction of sp³-hybridized carbons (Fsp3) is 0.100. The Bertz CT molecular complexity index is 739. The number of nitroso groups, excluding NO2 is 1. The Balaban J connectivity index is 2.93. The highest BCUT2D eigenvalue weighted by Gasteiger charge is 2.32. The van der Waals surface area contributed by atoms with Gasteiger partial charge in [0.15, 0.2) is 5.75 Å². The molecule has 0 saturated carbocycles. The second kappa shape index (κ2) is 4.34. The van der Waals surface area contributed by atoms with Gasteiger partial charge in [0, 0.05) is 4.47 Å². The SMILES string of the molecule is O=Nc1c(O)c2c(Br)cc(C(F)(F)F)cc2[nH]c1=O. The molecule has 9 heteroatoms. The quantitative estimate of drug-likeness (QED) is 0.783. The summed E-state index contributed by atoms with van der Waals surface area (Å²) in [5, 5.41) is 11.9. The molecule has 100 valence electrons. The number of halogens is 4. The number of nitrogens with zero attached hydrogens (tertiary/aromatic N) is 1. The number of aromatic amines is 1. The number of aromatic nitrogens is 1. The number of aromatic hydroxyl groups is 1. The van der Waals surface area contributed by atoms with Gasteiger partial charge in [-0.05, 0) is 33.2 Å². The molecule has 1 aromatic carbocycles. The maximum atomic E-state index is 12.6. The maximum Gasteiger partial charge on any atom is 0.416 e. The summed E-state index contributed by atoms with van der Waals surface area (Å²) in [5.74, 6) is -0.769. The molecule has 0 spiro atoms. The summed E-state index contributed by atoms with van der Waals surface area (Å²) in [4.78, 5) is 23.8. The fourth-order valence-electron chi connectivity index (χ4n) is 1.60. The van der Waals surface area contributed by atoms with Gasteiger partial charge in [0.2, 0.25) is 5.69 Å². The van der Waals surface area contributed by atoms with Crippen molar-refractivity contribution in [3.63, 3.8) is 0 Å². The van der Waals surface area contributed by atoms with Gasteiger partial charge in [0.1, 0.15) is 0 Å². The number of rotatable bonds is 1. The second-order valence-corrected chi connectivity index (χ2v) is 4.48. The summed E-state index contributed by atoms with van der Waals surface area (Å²) >= 11 is 2.85. The van der Waals surface area contributed by atoms with Gasteiger partial charge in [-0.1, -0.05) is 0 Å². The van der Waals surface area contributed by atoms with Crippen LogP contribution in [0, 0.1) is 4.91 Å². The number of hydrogen-bond acceptors (Lipinski definition) is 4. The molecular weight excluding hydrogens is 333 g/mol. The van der Waals surface area contributed by atoms with Crippen molar-refractivity contribution in [2.24, 2.45) is 5.18 Å². The third-order valence-corrected chi connectivity index (χ3v) is 3.06. The first-order valence-corrected chi connectivity index (χ1v) is 5.54. The average Bonchev–Trinajstić information content (AvgIpc) is 2.26. The zero-order valence-electron chi connectivity index (χ0n) is 8.88. The number of benzene rings is 1. The minimum atomic E-state index is -4.61. The summed E-state index contributed by atoms with van der Waals surface area (Å²) in [6, 6.07) is 1.39. The number of alkyl halides is 3. The molecule has 0 radical (unpaired) electrons. The third-order valence-electron chi connectivity index (χ3n) is 2.43. The van der Waals surface area contributed by atoms with E-state index >= 15 is 0 Å². The molecule has 0 unspecified atom stereocenters. The molecule has 1 aromatic heterocycles. The molecule has 0 fully saturated rings. The Morgan fingerprint density at radius 2 is 1.95 bits per heavy atom. The van der Waals surface area contributed by atoms with Crippen LogP contribution in [0.5, 0.6) is 5.75 Å². The lowest BCUT2D eigenvalue weighted by Gasteiger charge is -2.10. The van der Waals surface area contributed by atoms with E-state index in [-0.39, 0.29) is 15.4 Å². The fourth-order valence-corrected chi connectivity index (χ4v) is 2.25. The van der Waals surface area contributed by atoms with Gasteiger partial charge in [0.25, 0.3) is 5.56 Å². The van der Waals surface area contributed by atoms with Crippen molar-refractivity contribution in [2.45, 2.75) is 6.18 Å². The third kappa shape index (κ3) is 2.21. The van der Waals surface area contributed by atoms with Gasteiger partial charge in [-0.15, -0.1) is 4.91 Å². The van der Waals surface area contributed by atoms with Gasteiger partial charge in [-0.25, -0.2) is 0 Å². The van der Waals surface area contributed by atoms with Crippen LogP contribution in [-0.2, 0) is 6.18 Å². The Kier molecular flexibility index (Phi) is 3.09. The van der Waals surface area contributed by atoms with Gasteiger partial charge >= 0.3 is 6.18 Å². The van der Waals surface area contributed by atoms with Crippen LogP contribution in [0.2, 0.25) is 0 Å². The van der Waals surface area contributed by atoms with Crippen molar-refractivity contribution in [1.29, 1.82) is 0 Å². The van der Waals surface area contributed by atoms with Crippen LogP contribution >= 0.6 is 15.9 Å². The molecule has 0 bridgehead atoms. The van der Waals surface area contributed by atoms with E-state index in [4.69, 9.17) is 0 Å². The first kappa shape index (κ1) is 13.5. The first-order valence-electron chi connectivity index (χ1n) is 4.74. The van der Waals surface area contributed by atoms with E-state index in [1.807, 2.05) is 0 Å². The largest absolute Gasteiger partial charge is 0.505 e. The summed E-state index contributed by atoms with van der Waals surface area (Å²) in [7, 11) is 0. The van der Waals surface area contributed by atoms with Gasteiger partial charge in [-0.2, -0.15) is 13.2 Å². The number of hydrogen-bond donors (Lipinski definition) is 2. The second-order valence-electron chi connectivity index (χ2n) is 3.62. The van der Waals surface area contributed by atoms with E-state index in [0.29, 0.717) is 6.07 Å². The number of pyridine rings is 1. The number of H-pyrrole nitrogens is 1. The zero-order valence-corrected chi connectivity index (χ0v) is 10.5. The minimum Gasteiger partial charge on any atom is -0.505 e. The van der Waals surface area contributed by atoms with E-state index in [2.05, 4.69) is 26.1 Å². The van der Waals surface area contributed by atoms with Crippen LogP contribution in [-0.4, -0.2) is 10.1 Å². The van der Waals surface area contributed by atoms with Crippen LogP contribution in [0.1, 0.15) is 5.56 Å². The molecule has 0 aliphatic carbocycles. The monoisotopic (exact) mass is 336 g/mol. The lowest BCUT2D eigenvalue weighted by Crippen LogP contribution is -2.09. The molecule has 0 amide bonds. The van der Waals surface area contributed by atoms with Gasteiger partial charge in [-0.3, -0.25) is 4.79 Å². The minimum absolute atomic E-state index is 0.115. The Morgan fingerprint density at radius 3 is 2.47 bits per heavy atom. The van der Waals surface area contributed by atoms with Crippen LogP contribution in [0.25, 0.3) is 10.9 Å². The van der Waals surface area contributed by atoms with Crippen LogP contribution in [0.4, 0.5) is 18.9 Å². The molecule has 2 rings (SSSR count). The van der Waals surface area contributed by atoms with Crippen molar-refractivity contribution >= 4 is 32.5 Å². The Labute approximate surface area is 111 Å². The summed E-state index contributed by atoms with van der Waals surface area (Å²) < 4.78 is 37.7. The highest BCUT2D eigenvalue weighted by atomic mass is 79.9. The van der Waals surface area contributed by atoms with Crippen molar-refractivity contribution in [3.8, 4) is 5.75 Å². The van der Waals surface area contributed by atoms with Crippen LogP contribution in [0.3, 0.4) is 0 Å². The van der Waals surface area contributed by atoms with Gasteiger partial charge in [0.05, 0.1) is 16.5 Å². The topological polar surface area (TPSA) is 82.5 Å². The lowest BCUT2D eigenvalue weighted by molar-refractivity contribution is -0.137. The smallest absolute Gasteiger partial charge is 0.416 e. The van der Waals surface area contributed by atoms with Crippen molar-refractivity contribution in [2.75, 3.05) is 0 Å². The summed E-state index contributed by atoms with van der Waals surface area (Å²) in [6.07, 6.45) is -4.61. The Morgan fingerprint density at radius 1 is 1.32 bits per heavy atom. The van der Waals surface area contributed by atoms with Crippen molar-refractivity contribution in [1.82, 2.24) is 4.98 Å². The molecule has 0 aliphatic heterocycles. The molecular formula is C10H4BrF3N2O3. The first-order chi connectivity index (χ1) is 8.75. The molecule has 2 aromatic rings. The maximum absolute atomic E-state index is 12.6.